The van der Waals surface area contributed by atoms with E-state index >= 15 is 0 Å². The maximum Gasteiger partial charge on any atom is 0.407 e. The van der Waals surface area contributed by atoms with Crippen LogP contribution >= 0.6 is 0 Å². The van der Waals surface area contributed by atoms with Crippen molar-refractivity contribution in [3.05, 3.63) is 59.7 Å². The van der Waals surface area contributed by atoms with Gasteiger partial charge in [0.05, 0.1) is 12.1 Å². The van der Waals surface area contributed by atoms with E-state index in [1.54, 1.807) is 0 Å². The van der Waals surface area contributed by atoms with Crippen LogP contribution in [0.5, 0.6) is 0 Å². The number of alkyl halides is 6. The van der Waals surface area contributed by atoms with Crippen molar-refractivity contribution in [2.75, 3.05) is 0 Å². The number of rotatable bonds is 10. The van der Waals surface area contributed by atoms with E-state index in [-0.39, 0.29) is 11.1 Å². The van der Waals surface area contributed by atoms with Crippen LogP contribution in [0.25, 0.3) is 11.1 Å². The van der Waals surface area contributed by atoms with Gasteiger partial charge in [0.25, 0.3) is 6.43 Å². The Morgan fingerprint density at radius 3 is 1.86 bits per heavy atom. The predicted molar refractivity (Wildman–Crippen MR) is 124 cm³/mol. The highest BCUT2D eigenvalue weighted by atomic mass is 19.4. The number of nitrogens with zero attached hydrogens (tertiary/aromatic N) is 1. The normalized spacial score (nSPS) is 17.5. The molecule has 3 rings (SSSR count). The highest BCUT2D eigenvalue weighted by Gasteiger charge is 2.48. The Bertz CT molecular complexity index is 1120. The van der Waals surface area contributed by atoms with Crippen molar-refractivity contribution in [3.8, 4) is 17.2 Å². The largest absolute Gasteiger partial charge is 0.407 e. The summed E-state index contributed by atoms with van der Waals surface area (Å²) in [6, 6.07) is 8.79. The second-order valence-corrected chi connectivity index (χ2v) is 9.82. The number of hydrogen-bond acceptors (Lipinski definition) is 4. The number of hydrogen-bond donors (Lipinski definition) is 3. The Morgan fingerprint density at radius 2 is 1.49 bits per heavy atom. The van der Waals surface area contributed by atoms with E-state index in [0.717, 1.165) is 13.8 Å². The third-order valence-corrected chi connectivity index (χ3v) is 6.10. The molecule has 0 aliphatic heterocycles. The minimum atomic E-state index is -4.83. The fraction of sp³-hybridized carbons (Fsp3) is 0.462. The summed E-state index contributed by atoms with van der Waals surface area (Å²) >= 11 is 0. The molecule has 1 fully saturated rings. The van der Waals surface area contributed by atoms with Crippen LogP contribution in [0.4, 0.5) is 26.3 Å². The molecule has 11 heteroatoms. The molecule has 200 valence electrons. The smallest absolute Gasteiger partial charge is 0.382 e. The van der Waals surface area contributed by atoms with Gasteiger partial charge < -0.3 is 10.4 Å². The second kappa shape index (κ2) is 10.7. The van der Waals surface area contributed by atoms with Crippen molar-refractivity contribution >= 4 is 5.91 Å². The Labute approximate surface area is 210 Å². The molecular formula is C26H27F6N3O2. The van der Waals surface area contributed by atoms with Gasteiger partial charge in [0.1, 0.15) is 23.4 Å². The zero-order valence-corrected chi connectivity index (χ0v) is 20.1. The number of nitrogens with one attached hydrogen (secondary N) is 2. The molecule has 3 atom stereocenters. The van der Waals surface area contributed by atoms with Gasteiger partial charge in [-0.2, -0.15) is 18.4 Å². The van der Waals surface area contributed by atoms with E-state index in [1.165, 1.54) is 48.5 Å². The Balaban J connectivity index is 1.84. The first-order valence-corrected chi connectivity index (χ1v) is 11.6. The van der Waals surface area contributed by atoms with E-state index in [0.29, 0.717) is 24.0 Å². The van der Waals surface area contributed by atoms with Crippen LogP contribution < -0.4 is 10.6 Å². The summed E-state index contributed by atoms with van der Waals surface area (Å²) in [6.45, 7) is 2.30. The molecule has 3 N–H and O–H groups in total. The molecule has 5 nitrogen and oxygen atoms in total. The number of amides is 1. The van der Waals surface area contributed by atoms with E-state index < -0.39 is 54.3 Å². The van der Waals surface area contributed by atoms with Crippen molar-refractivity contribution in [2.24, 2.45) is 0 Å². The van der Waals surface area contributed by atoms with Gasteiger partial charge in [-0.05, 0) is 48.9 Å². The summed E-state index contributed by atoms with van der Waals surface area (Å²) < 4.78 is 82.0. The number of aliphatic hydroxyl groups is 1. The van der Waals surface area contributed by atoms with Crippen molar-refractivity contribution in [1.82, 2.24) is 10.6 Å². The molecule has 0 spiro atoms. The SMILES string of the molecule is CC(C)(F)CC(N[C@@H](c1ccc(-c2ccc([C@@H](O)C(F)F)cc2)cc1)C(F)(F)F)C(=O)NC1(C#N)CC1. The van der Waals surface area contributed by atoms with Crippen LogP contribution in [0, 0.1) is 11.3 Å². The summed E-state index contributed by atoms with van der Waals surface area (Å²) in [6.07, 6.45) is -9.56. The monoisotopic (exact) mass is 527 g/mol. The fourth-order valence-corrected chi connectivity index (χ4v) is 3.89. The van der Waals surface area contributed by atoms with Crippen molar-refractivity contribution in [3.63, 3.8) is 0 Å². The topological polar surface area (TPSA) is 85.2 Å². The molecule has 2 aromatic rings. The predicted octanol–water partition coefficient (Wildman–Crippen LogP) is 5.52. The zero-order valence-electron chi connectivity index (χ0n) is 20.1. The van der Waals surface area contributed by atoms with Gasteiger partial charge in [-0.3, -0.25) is 10.1 Å². The third-order valence-electron chi connectivity index (χ3n) is 6.10. The molecule has 0 saturated heterocycles. The maximum atomic E-state index is 14.4. The average Bonchev–Trinajstić information content (AvgIpc) is 3.59. The van der Waals surface area contributed by atoms with E-state index in [2.05, 4.69) is 10.6 Å². The molecule has 1 saturated carbocycles. The lowest BCUT2D eigenvalue weighted by molar-refractivity contribution is -0.161. The lowest BCUT2D eigenvalue weighted by Crippen LogP contribution is -2.53. The lowest BCUT2D eigenvalue weighted by atomic mass is 9.96. The quantitative estimate of drug-likeness (QED) is 0.355. The number of carbonyl (C=O) groups is 1. The van der Waals surface area contributed by atoms with Crippen molar-refractivity contribution < 1.29 is 36.2 Å². The lowest BCUT2D eigenvalue weighted by Gasteiger charge is -2.30. The first kappa shape index (κ1) is 28.5. The van der Waals surface area contributed by atoms with Gasteiger partial charge in [0.2, 0.25) is 5.91 Å². The highest BCUT2D eigenvalue weighted by molar-refractivity contribution is 5.83. The zero-order chi connectivity index (χ0) is 27.6. The molecule has 0 bridgehead atoms. The molecule has 0 radical (unpaired) electrons. The molecule has 37 heavy (non-hydrogen) atoms. The maximum absolute atomic E-state index is 14.4. The van der Waals surface area contributed by atoms with E-state index in [9.17, 15) is 41.5 Å². The highest BCUT2D eigenvalue weighted by Crippen LogP contribution is 2.37. The van der Waals surface area contributed by atoms with Gasteiger partial charge in [-0.15, -0.1) is 0 Å². The van der Waals surface area contributed by atoms with Crippen molar-refractivity contribution in [2.45, 2.75) is 75.1 Å². The van der Waals surface area contributed by atoms with Gasteiger partial charge >= 0.3 is 6.18 Å². The molecule has 1 amide bonds. The summed E-state index contributed by atoms with van der Waals surface area (Å²) in [5.74, 6) is -0.887. The van der Waals surface area contributed by atoms with E-state index in [4.69, 9.17) is 0 Å². The van der Waals surface area contributed by atoms with Crippen molar-refractivity contribution in [1.29, 1.82) is 5.26 Å². The minimum absolute atomic E-state index is 0.00110. The second-order valence-electron chi connectivity index (χ2n) is 9.82. The summed E-state index contributed by atoms with van der Waals surface area (Å²) in [5, 5.41) is 23.4. The van der Waals surface area contributed by atoms with Crippen LogP contribution in [-0.4, -0.2) is 40.9 Å². The number of halogens is 6. The van der Waals surface area contributed by atoms with Gasteiger partial charge in [0, 0.05) is 6.42 Å². The Hall–Kier alpha value is -3.10. The molecule has 1 unspecified atom stereocenters. The molecule has 1 aliphatic rings. The number of carbonyl (C=O) groups excluding carboxylic acids is 1. The summed E-state index contributed by atoms with van der Waals surface area (Å²) in [7, 11) is 0. The molecular weight excluding hydrogens is 500 g/mol. The van der Waals surface area contributed by atoms with Crippen LogP contribution in [0.3, 0.4) is 0 Å². The molecule has 0 aromatic heterocycles. The Morgan fingerprint density at radius 1 is 1.00 bits per heavy atom. The van der Waals surface area contributed by atoms with Gasteiger partial charge in [0.15, 0.2) is 0 Å². The molecule has 0 heterocycles. The Kier molecular flexibility index (Phi) is 8.24. The van der Waals surface area contributed by atoms with Crippen LogP contribution in [0.1, 0.15) is 56.4 Å². The first-order valence-electron chi connectivity index (χ1n) is 11.6. The van der Waals surface area contributed by atoms with E-state index in [1.807, 2.05) is 6.07 Å². The number of benzene rings is 2. The summed E-state index contributed by atoms with van der Waals surface area (Å²) in [4.78, 5) is 12.8. The average molecular weight is 528 g/mol. The number of nitriles is 1. The molecule has 1 aliphatic carbocycles. The number of aliphatic hydroxyl groups excluding tert-OH is 1. The van der Waals surface area contributed by atoms with Crippen LogP contribution in [0.15, 0.2) is 48.5 Å². The third kappa shape index (κ3) is 7.46. The first-order chi connectivity index (χ1) is 17.1. The van der Waals surface area contributed by atoms with Gasteiger partial charge in [-0.1, -0.05) is 48.5 Å². The van der Waals surface area contributed by atoms with Crippen LogP contribution in [-0.2, 0) is 4.79 Å². The fourth-order valence-electron chi connectivity index (χ4n) is 3.89. The summed E-state index contributed by atoms with van der Waals surface area (Å²) in [5.41, 5.74) is -2.31. The van der Waals surface area contributed by atoms with Crippen LogP contribution in [0.2, 0.25) is 0 Å². The minimum Gasteiger partial charge on any atom is -0.382 e. The van der Waals surface area contributed by atoms with Gasteiger partial charge in [-0.25, -0.2) is 13.2 Å². The standard InChI is InChI=1S/C26H27F6N3O2/c1-24(2,29)13-19(23(37)35-25(14-33)11-12-25)34-21(26(30,31)32)18-9-5-16(6-10-18)15-3-7-17(8-4-15)20(36)22(27)28/h3-10,19-22,34,36H,11-13H2,1-2H3,(H,35,37)/t19?,20-,21+/m1/s1. The molecule has 2 aromatic carbocycles.